The van der Waals surface area contributed by atoms with Crippen molar-refractivity contribution in [2.24, 2.45) is 0 Å². The fraction of sp³-hybridized carbons (Fsp3) is 0.500. The molecular formula is C20H33N5O3. The van der Waals surface area contributed by atoms with Crippen LogP contribution in [0.25, 0.3) is 10.9 Å². The molecule has 1 aromatic carbocycles. The van der Waals surface area contributed by atoms with Crippen molar-refractivity contribution in [3.63, 3.8) is 0 Å². The van der Waals surface area contributed by atoms with Crippen LogP contribution in [-0.2, 0) is 4.74 Å². The van der Waals surface area contributed by atoms with E-state index in [2.05, 4.69) is 26.6 Å². The van der Waals surface area contributed by atoms with Crippen LogP contribution < -0.4 is 20.7 Å². The van der Waals surface area contributed by atoms with E-state index in [1.165, 1.54) is 0 Å². The molecule has 1 unspecified atom stereocenters. The number of benzene rings is 1. The quantitative estimate of drug-likeness (QED) is 0.559. The minimum absolute atomic E-state index is 0.434. The van der Waals surface area contributed by atoms with Gasteiger partial charge >= 0.3 is 0 Å². The molecule has 1 heterocycles. The molecule has 8 heteroatoms. The maximum absolute atomic E-state index is 9.67. The predicted molar refractivity (Wildman–Crippen MR) is 115 cm³/mol. The number of rotatable bonds is 9. The molecule has 8 nitrogen and oxygen atoms in total. The lowest BCUT2D eigenvalue weighted by atomic mass is 10.2. The van der Waals surface area contributed by atoms with Gasteiger partial charge in [-0.25, -0.2) is 4.98 Å². The first kappa shape index (κ1) is 23.5. The van der Waals surface area contributed by atoms with Crippen LogP contribution in [0.1, 0.15) is 19.8 Å². The van der Waals surface area contributed by atoms with E-state index in [4.69, 9.17) is 10.5 Å². The van der Waals surface area contributed by atoms with Crippen molar-refractivity contribution >= 4 is 22.7 Å². The molecule has 2 aromatic rings. The topological polar surface area (TPSA) is 106 Å². The highest BCUT2D eigenvalue weighted by Crippen LogP contribution is 2.25. The van der Waals surface area contributed by atoms with E-state index in [0.717, 1.165) is 36.2 Å². The van der Waals surface area contributed by atoms with Crippen LogP contribution in [0, 0.1) is 0 Å². The Bertz CT molecular complexity index is 754. The number of aliphatic hydroxyl groups excluding tert-OH is 1. The molecule has 0 radical (unpaired) electrons. The lowest BCUT2D eigenvalue weighted by molar-refractivity contribution is 0.198. The van der Waals surface area contributed by atoms with Crippen molar-refractivity contribution in [3.05, 3.63) is 30.5 Å². The summed E-state index contributed by atoms with van der Waals surface area (Å²) >= 11 is 0. The molecule has 2 rings (SSSR count). The van der Waals surface area contributed by atoms with Gasteiger partial charge in [-0.05, 0) is 31.0 Å². The number of nitrogens with two attached hydrogens (primary N) is 1. The molecule has 0 aliphatic carbocycles. The Kier molecular flexibility index (Phi) is 10.0. The Morgan fingerprint density at radius 2 is 2.00 bits per heavy atom. The zero-order valence-corrected chi connectivity index (χ0v) is 17.5. The first-order valence-electron chi connectivity index (χ1n) is 9.21. The first-order chi connectivity index (χ1) is 13.4. The van der Waals surface area contributed by atoms with Gasteiger partial charge < -0.3 is 30.5 Å². The van der Waals surface area contributed by atoms with E-state index in [-0.39, 0.29) is 0 Å². The number of nitrogens with zero attached hydrogens (tertiary/aromatic N) is 3. The smallest absolute Gasteiger partial charge is 0.227 e. The largest absolute Gasteiger partial charge is 0.497 e. The number of fused-ring (bicyclic) bond motifs is 1. The first-order valence-corrected chi connectivity index (χ1v) is 9.21. The standard InChI is InChI=1S/C18H27N5O2.C2H6O/c1-5-16(24)12(2)20-9-6-10-23(3)18-21-15-8-7-13(25-4)11-14(15)17(19)22-18;1-3-2/h7-8,11,16,20,24H,2,5-6,9-10H2,1,3-4H3,(H2,19,21,22);1-2H3. The highest BCUT2D eigenvalue weighted by Gasteiger charge is 2.10. The van der Waals surface area contributed by atoms with Gasteiger partial charge in [-0.3, -0.25) is 0 Å². The zero-order valence-electron chi connectivity index (χ0n) is 17.5. The number of nitrogen functional groups attached to an aromatic ring is 1. The normalized spacial score (nSPS) is 11.4. The Labute approximate surface area is 167 Å². The maximum atomic E-state index is 9.67. The molecule has 28 heavy (non-hydrogen) atoms. The summed E-state index contributed by atoms with van der Waals surface area (Å²) in [6.07, 6.45) is 1.01. The van der Waals surface area contributed by atoms with Gasteiger partial charge in [-0.1, -0.05) is 13.5 Å². The molecule has 0 saturated carbocycles. The van der Waals surface area contributed by atoms with E-state index < -0.39 is 6.10 Å². The van der Waals surface area contributed by atoms with Gasteiger partial charge in [0.25, 0.3) is 0 Å². The molecule has 0 bridgehead atoms. The van der Waals surface area contributed by atoms with Crippen LogP contribution in [0.3, 0.4) is 0 Å². The van der Waals surface area contributed by atoms with E-state index >= 15 is 0 Å². The summed E-state index contributed by atoms with van der Waals surface area (Å²) in [7, 11) is 6.79. The van der Waals surface area contributed by atoms with Crippen molar-refractivity contribution in [2.45, 2.75) is 25.9 Å². The highest BCUT2D eigenvalue weighted by molar-refractivity contribution is 5.90. The van der Waals surface area contributed by atoms with Gasteiger partial charge in [0.2, 0.25) is 5.95 Å². The average Bonchev–Trinajstić information content (AvgIpc) is 2.70. The molecule has 0 spiro atoms. The van der Waals surface area contributed by atoms with Gasteiger partial charge in [0.05, 0.1) is 18.7 Å². The van der Waals surface area contributed by atoms with Crippen LogP contribution in [-0.4, -0.2) is 62.6 Å². The Hall–Kier alpha value is -2.58. The molecule has 0 amide bonds. The van der Waals surface area contributed by atoms with E-state index in [1.54, 1.807) is 21.3 Å². The van der Waals surface area contributed by atoms with Gasteiger partial charge in [0.1, 0.15) is 11.6 Å². The van der Waals surface area contributed by atoms with Crippen LogP contribution in [0.4, 0.5) is 11.8 Å². The average molecular weight is 392 g/mol. The molecule has 0 saturated heterocycles. The summed E-state index contributed by atoms with van der Waals surface area (Å²) in [5.41, 5.74) is 7.52. The molecule has 1 atom stereocenters. The van der Waals surface area contributed by atoms with Crippen molar-refractivity contribution in [1.82, 2.24) is 15.3 Å². The SMILES string of the molecule is C=C(NCCCN(C)c1nc(N)c2cc(OC)ccc2n1)C(O)CC.COC. The highest BCUT2D eigenvalue weighted by atomic mass is 16.5. The zero-order chi connectivity index (χ0) is 21.1. The molecule has 156 valence electrons. The maximum Gasteiger partial charge on any atom is 0.227 e. The van der Waals surface area contributed by atoms with E-state index in [9.17, 15) is 5.11 Å². The third kappa shape index (κ3) is 6.86. The number of methoxy groups -OCH3 is 2. The molecule has 0 aliphatic heterocycles. The second-order valence-electron chi connectivity index (χ2n) is 6.35. The molecular weight excluding hydrogens is 358 g/mol. The van der Waals surface area contributed by atoms with Gasteiger partial charge in [-0.15, -0.1) is 0 Å². The number of hydrogen-bond donors (Lipinski definition) is 3. The molecule has 0 aliphatic rings. The summed E-state index contributed by atoms with van der Waals surface area (Å²) in [6, 6.07) is 5.57. The molecule has 1 aromatic heterocycles. The van der Waals surface area contributed by atoms with Gasteiger partial charge in [-0.2, -0.15) is 4.98 Å². The van der Waals surface area contributed by atoms with Crippen molar-refractivity contribution in [2.75, 3.05) is 52.1 Å². The predicted octanol–water partition coefficient (Wildman–Crippen LogP) is 2.18. The summed E-state index contributed by atoms with van der Waals surface area (Å²) < 4.78 is 9.46. The number of anilines is 2. The van der Waals surface area contributed by atoms with Crippen LogP contribution in [0.2, 0.25) is 0 Å². The van der Waals surface area contributed by atoms with Gasteiger partial charge in [0, 0.05) is 45.4 Å². The van der Waals surface area contributed by atoms with Crippen molar-refractivity contribution in [1.29, 1.82) is 0 Å². The van der Waals surface area contributed by atoms with Crippen LogP contribution in [0.15, 0.2) is 30.5 Å². The third-order valence-electron chi connectivity index (χ3n) is 4.07. The van der Waals surface area contributed by atoms with E-state index in [1.807, 2.05) is 37.1 Å². The van der Waals surface area contributed by atoms with Crippen molar-refractivity contribution in [3.8, 4) is 5.75 Å². The van der Waals surface area contributed by atoms with Crippen molar-refractivity contribution < 1.29 is 14.6 Å². The second-order valence-corrected chi connectivity index (χ2v) is 6.35. The number of nitrogens with one attached hydrogen (secondary N) is 1. The number of ether oxygens (including phenoxy) is 2. The summed E-state index contributed by atoms with van der Waals surface area (Å²) in [4.78, 5) is 10.9. The van der Waals surface area contributed by atoms with Crippen LogP contribution >= 0.6 is 0 Å². The Morgan fingerprint density at radius 1 is 1.32 bits per heavy atom. The summed E-state index contributed by atoms with van der Waals surface area (Å²) in [5.74, 6) is 1.75. The summed E-state index contributed by atoms with van der Waals surface area (Å²) in [5, 5.41) is 13.6. The fourth-order valence-electron chi connectivity index (χ4n) is 2.45. The summed E-state index contributed by atoms with van der Waals surface area (Å²) in [6.45, 7) is 7.23. The Balaban J connectivity index is 0.00000122. The lowest BCUT2D eigenvalue weighted by Gasteiger charge is -2.19. The number of aromatic nitrogens is 2. The monoisotopic (exact) mass is 391 g/mol. The number of aliphatic hydroxyl groups is 1. The number of hydrogen-bond acceptors (Lipinski definition) is 8. The van der Waals surface area contributed by atoms with Crippen LogP contribution in [0.5, 0.6) is 5.75 Å². The molecule has 4 N–H and O–H groups in total. The Morgan fingerprint density at radius 3 is 2.61 bits per heavy atom. The molecule has 0 fully saturated rings. The minimum atomic E-state index is -0.502. The third-order valence-corrected chi connectivity index (χ3v) is 4.07. The lowest BCUT2D eigenvalue weighted by Crippen LogP contribution is -2.28. The van der Waals surface area contributed by atoms with E-state index in [0.29, 0.717) is 23.9 Å². The fourth-order valence-corrected chi connectivity index (χ4v) is 2.45. The second kappa shape index (κ2) is 12.0. The van der Waals surface area contributed by atoms with Gasteiger partial charge in [0.15, 0.2) is 0 Å². The minimum Gasteiger partial charge on any atom is -0.497 e.